The largest absolute Gasteiger partial charge is 0.493 e. The molecular formula is C14H20BrNO2. The lowest BCUT2D eigenvalue weighted by Gasteiger charge is -2.27. The Morgan fingerprint density at radius 1 is 1.39 bits per heavy atom. The topological polar surface area (TPSA) is 41.5 Å². The average Bonchev–Trinajstić information content (AvgIpc) is 2.40. The minimum atomic E-state index is -0.237. The number of hydrogen-bond acceptors (Lipinski definition) is 3. The highest BCUT2D eigenvalue weighted by Crippen LogP contribution is 2.20. The summed E-state index contributed by atoms with van der Waals surface area (Å²) in [6.45, 7) is 2.62. The Hall–Kier alpha value is -0.580. The molecule has 4 heteroatoms. The third-order valence-corrected chi connectivity index (χ3v) is 3.90. The fraction of sp³-hybridized carbons (Fsp3) is 0.571. The molecule has 1 heterocycles. The molecule has 1 aliphatic heterocycles. The first-order chi connectivity index (χ1) is 8.75. The van der Waals surface area contributed by atoms with Gasteiger partial charge in [-0.05, 0) is 50.0 Å². The quantitative estimate of drug-likeness (QED) is 0.878. The molecule has 0 aliphatic carbocycles. The highest BCUT2D eigenvalue weighted by molar-refractivity contribution is 9.10. The number of aliphatic hydroxyl groups is 1. The van der Waals surface area contributed by atoms with Crippen LogP contribution in [0.3, 0.4) is 0 Å². The molecule has 1 aromatic rings. The summed E-state index contributed by atoms with van der Waals surface area (Å²) in [7, 11) is 0. The minimum Gasteiger partial charge on any atom is -0.493 e. The van der Waals surface area contributed by atoms with E-state index in [-0.39, 0.29) is 6.10 Å². The van der Waals surface area contributed by atoms with Crippen molar-refractivity contribution in [3.63, 3.8) is 0 Å². The van der Waals surface area contributed by atoms with Crippen molar-refractivity contribution in [2.24, 2.45) is 5.92 Å². The van der Waals surface area contributed by atoms with E-state index in [1.165, 1.54) is 0 Å². The summed E-state index contributed by atoms with van der Waals surface area (Å²) in [4.78, 5) is 0. The molecule has 0 aromatic heterocycles. The first kappa shape index (κ1) is 13.8. The van der Waals surface area contributed by atoms with Gasteiger partial charge in [-0.25, -0.2) is 0 Å². The number of piperidine rings is 1. The van der Waals surface area contributed by atoms with Gasteiger partial charge in [0.1, 0.15) is 5.75 Å². The normalized spacial score (nSPS) is 18.6. The summed E-state index contributed by atoms with van der Waals surface area (Å²) in [5, 5.41) is 13.4. The number of rotatable bonds is 5. The van der Waals surface area contributed by atoms with Gasteiger partial charge in [0, 0.05) is 10.9 Å². The predicted molar refractivity (Wildman–Crippen MR) is 75.9 cm³/mol. The second-order valence-electron chi connectivity index (χ2n) is 4.75. The van der Waals surface area contributed by atoms with Crippen LogP contribution in [0.2, 0.25) is 0 Å². The molecule has 1 fully saturated rings. The lowest BCUT2D eigenvalue weighted by Crippen LogP contribution is -2.34. The van der Waals surface area contributed by atoms with E-state index in [0.29, 0.717) is 18.9 Å². The maximum absolute atomic E-state index is 10.1. The average molecular weight is 314 g/mol. The van der Waals surface area contributed by atoms with Gasteiger partial charge in [0.15, 0.2) is 0 Å². The van der Waals surface area contributed by atoms with E-state index in [0.717, 1.165) is 36.2 Å². The van der Waals surface area contributed by atoms with Crippen LogP contribution in [0.15, 0.2) is 28.7 Å². The molecule has 0 amide bonds. The number of ether oxygens (including phenoxy) is 1. The molecule has 0 spiro atoms. The van der Waals surface area contributed by atoms with Crippen LogP contribution in [0, 0.1) is 5.92 Å². The number of halogens is 1. The van der Waals surface area contributed by atoms with Gasteiger partial charge in [-0.3, -0.25) is 0 Å². The van der Waals surface area contributed by atoms with Crippen LogP contribution in [0.4, 0.5) is 0 Å². The second-order valence-corrected chi connectivity index (χ2v) is 5.66. The van der Waals surface area contributed by atoms with E-state index < -0.39 is 0 Å². The van der Waals surface area contributed by atoms with Crippen molar-refractivity contribution in [3.8, 4) is 5.75 Å². The fourth-order valence-corrected chi connectivity index (χ4v) is 2.70. The minimum absolute atomic E-state index is 0.237. The van der Waals surface area contributed by atoms with Crippen molar-refractivity contribution in [3.05, 3.63) is 28.7 Å². The molecule has 1 aliphatic rings. The standard InChI is InChI=1S/C14H20BrNO2/c15-12-2-1-3-13(10-12)18-9-6-14(17)11-4-7-16-8-5-11/h1-3,10-11,14,16-17H,4-9H2. The van der Waals surface area contributed by atoms with Gasteiger partial charge < -0.3 is 15.2 Å². The number of aliphatic hydroxyl groups excluding tert-OH is 1. The van der Waals surface area contributed by atoms with Crippen molar-refractivity contribution in [2.45, 2.75) is 25.4 Å². The van der Waals surface area contributed by atoms with Gasteiger partial charge in [-0.2, -0.15) is 0 Å². The highest BCUT2D eigenvalue weighted by atomic mass is 79.9. The molecule has 2 rings (SSSR count). The summed E-state index contributed by atoms with van der Waals surface area (Å²) in [5.41, 5.74) is 0. The van der Waals surface area contributed by atoms with Crippen LogP contribution in [-0.4, -0.2) is 30.9 Å². The Morgan fingerprint density at radius 2 is 2.17 bits per heavy atom. The Morgan fingerprint density at radius 3 is 2.89 bits per heavy atom. The lowest BCUT2D eigenvalue weighted by molar-refractivity contribution is 0.0674. The summed E-state index contributed by atoms with van der Waals surface area (Å²) >= 11 is 3.41. The predicted octanol–water partition coefficient (Wildman–Crippen LogP) is 2.58. The van der Waals surface area contributed by atoms with Gasteiger partial charge in [0.2, 0.25) is 0 Å². The Labute approximate surface area is 117 Å². The molecule has 1 unspecified atom stereocenters. The molecule has 18 heavy (non-hydrogen) atoms. The summed E-state index contributed by atoms with van der Waals surface area (Å²) in [6, 6.07) is 7.79. The van der Waals surface area contributed by atoms with Crippen LogP contribution < -0.4 is 10.1 Å². The van der Waals surface area contributed by atoms with E-state index in [2.05, 4.69) is 21.2 Å². The summed E-state index contributed by atoms with van der Waals surface area (Å²) in [5.74, 6) is 1.28. The SMILES string of the molecule is OC(CCOc1cccc(Br)c1)C1CCNCC1. The number of nitrogens with one attached hydrogen (secondary N) is 1. The van der Waals surface area contributed by atoms with Crippen LogP contribution in [0.1, 0.15) is 19.3 Å². The Kier molecular flexibility index (Phi) is 5.47. The molecule has 100 valence electrons. The van der Waals surface area contributed by atoms with Crippen molar-refractivity contribution < 1.29 is 9.84 Å². The maximum atomic E-state index is 10.1. The zero-order valence-electron chi connectivity index (χ0n) is 10.4. The summed E-state index contributed by atoms with van der Waals surface area (Å²) < 4.78 is 6.66. The van der Waals surface area contributed by atoms with Crippen molar-refractivity contribution in [1.29, 1.82) is 0 Å². The molecule has 1 saturated heterocycles. The molecule has 1 atom stereocenters. The van der Waals surface area contributed by atoms with Gasteiger partial charge >= 0.3 is 0 Å². The van der Waals surface area contributed by atoms with Crippen molar-refractivity contribution in [1.82, 2.24) is 5.32 Å². The van der Waals surface area contributed by atoms with Crippen molar-refractivity contribution >= 4 is 15.9 Å². The molecule has 0 radical (unpaired) electrons. The smallest absolute Gasteiger partial charge is 0.120 e. The number of hydrogen-bond donors (Lipinski definition) is 2. The van der Waals surface area contributed by atoms with Crippen LogP contribution in [0.25, 0.3) is 0 Å². The monoisotopic (exact) mass is 313 g/mol. The molecule has 0 saturated carbocycles. The van der Waals surface area contributed by atoms with Gasteiger partial charge in [0.25, 0.3) is 0 Å². The molecule has 3 nitrogen and oxygen atoms in total. The zero-order chi connectivity index (χ0) is 12.8. The van der Waals surface area contributed by atoms with E-state index in [1.54, 1.807) is 0 Å². The fourth-order valence-electron chi connectivity index (χ4n) is 2.32. The van der Waals surface area contributed by atoms with E-state index in [4.69, 9.17) is 4.74 Å². The third kappa shape index (κ3) is 4.26. The van der Waals surface area contributed by atoms with E-state index in [1.807, 2.05) is 24.3 Å². The van der Waals surface area contributed by atoms with E-state index in [9.17, 15) is 5.11 Å². The third-order valence-electron chi connectivity index (χ3n) is 3.41. The van der Waals surface area contributed by atoms with Gasteiger partial charge in [-0.15, -0.1) is 0 Å². The molecular weight excluding hydrogens is 294 g/mol. The van der Waals surface area contributed by atoms with Gasteiger partial charge in [-0.1, -0.05) is 22.0 Å². The van der Waals surface area contributed by atoms with Gasteiger partial charge in [0.05, 0.1) is 12.7 Å². The molecule has 2 N–H and O–H groups in total. The second kappa shape index (κ2) is 7.12. The highest BCUT2D eigenvalue weighted by Gasteiger charge is 2.21. The Bertz CT molecular complexity index is 367. The molecule has 0 bridgehead atoms. The van der Waals surface area contributed by atoms with Crippen LogP contribution >= 0.6 is 15.9 Å². The first-order valence-corrected chi connectivity index (χ1v) is 7.32. The Balaban J connectivity index is 1.71. The summed E-state index contributed by atoms with van der Waals surface area (Å²) in [6.07, 6.45) is 2.60. The lowest BCUT2D eigenvalue weighted by atomic mass is 9.91. The van der Waals surface area contributed by atoms with Crippen molar-refractivity contribution in [2.75, 3.05) is 19.7 Å². The molecule has 1 aromatic carbocycles. The number of benzene rings is 1. The van der Waals surface area contributed by atoms with Crippen LogP contribution in [-0.2, 0) is 0 Å². The van der Waals surface area contributed by atoms with E-state index >= 15 is 0 Å². The zero-order valence-corrected chi connectivity index (χ0v) is 12.0. The first-order valence-electron chi connectivity index (χ1n) is 6.53. The van der Waals surface area contributed by atoms with Crippen LogP contribution in [0.5, 0.6) is 5.75 Å². The maximum Gasteiger partial charge on any atom is 0.120 e.